The molecule has 0 aliphatic rings. The van der Waals surface area contributed by atoms with Crippen LogP contribution in [-0.4, -0.2) is 22.6 Å². The highest BCUT2D eigenvalue weighted by molar-refractivity contribution is 5.93. The van der Waals surface area contributed by atoms with Gasteiger partial charge in [-0.1, -0.05) is 0 Å². The molecule has 0 saturated carbocycles. The highest BCUT2D eigenvalue weighted by Crippen LogP contribution is 2.19. The van der Waals surface area contributed by atoms with Gasteiger partial charge in [0, 0.05) is 12.6 Å². The Labute approximate surface area is 85.7 Å². The Bertz CT molecular complexity index is 504. The van der Waals surface area contributed by atoms with Gasteiger partial charge < -0.3 is 14.8 Å². The van der Waals surface area contributed by atoms with Crippen molar-refractivity contribution >= 4 is 22.7 Å². The van der Waals surface area contributed by atoms with E-state index in [2.05, 4.69) is 10.3 Å². The number of hydrogen-bond donors (Lipinski definition) is 2. The summed E-state index contributed by atoms with van der Waals surface area (Å²) < 4.78 is 5.28. The summed E-state index contributed by atoms with van der Waals surface area (Å²) in [5.41, 5.74) is 1.95. The fourth-order valence-electron chi connectivity index (χ4n) is 1.32. The number of oxazole rings is 1. The number of benzene rings is 1. The summed E-state index contributed by atoms with van der Waals surface area (Å²) >= 11 is 0. The molecular weight excluding hydrogens is 196 g/mol. The van der Waals surface area contributed by atoms with Crippen molar-refractivity contribution in [1.82, 2.24) is 4.98 Å². The number of aliphatic hydroxyl groups excluding tert-OH is 1. The average Bonchev–Trinajstić information content (AvgIpc) is 2.57. The molecule has 5 heteroatoms. The van der Waals surface area contributed by atoms with Crippen LogP contribution in [0, 0.1) is 6.92 Å². The van der Waals surface area contributed by atoms with Gasteiger partial charge in [0.05, 0.1) is 0 Å². The Morgan fingerprint density at radius 1 is 1.60 bits per heavy atom. The van der Waals surface area contributed by atoms with Gasteiger partial charge in [-0.05, 0) is 18.2 Å². The number of nitrogens with zero attached hydrogens (tertiary/aromatic N) is 1. The van der Waals surface area contributed by atoms with E-state index in [1.807, 2.05) is 0 Å². The van der Waals surface area contributed by atoms with E-state index in [1.165, 1.54) is 0 Å². The lowest BCUT2D eigenvalue weighted by molar-refractivity contribution is -0.118. The molecule has 1 aromatic carbocycles. The van der Waals surface area contributed by atoms with Crippen LogP contribution in [0.1, 0.15) is 5.89 Å². The summed E-state index contributed by atoms with van der Waals surface area (Å²) in [5.74, 6) is 0.130. The summed E-state index contributed by atoms with van der Waals surface area (Å²) in [5, 5.41) is 11.1. The quantitative estimate of drug-likeness (QED) is 0.770. The number of anilines is 1. The topological polar surface area (TPSA) is 75.4 Å². The number of carbonyl (C=O) groups excluding carboxylic acids is 1. The maximum Gasteiger partial charge on any atom is 0.250 e. The maximum atomic E-state index is 10.9. The standard InChI is InChI=1S/C10H10N2O3/c1-6-11-8-4-7(12-10(14)5-13)2-3-9(8)15-6/h2-4,13H,5H2,1H3,(H,12,14). The first kappa shape index (κ1) is 9.67. The van der Waals surface area contributed by atoms with E-state index < -0.39 is 12.5 Å². The molecule has 0 aliphatic carbocycles. The van der Waals surface area contributed by atoms with Crippen LogP contribution in [0.15, 0.2) is 22.6 Å². The van der Waals surface area contributed by atoms with Gasteiger partial charge in [-0.3, -0.25) is 4.79 Å². The fourth-order valence-corrected chi connectivity index (χ4v) is 1.32. The van der Waals surface area contributed by atoms with E-state index in [0.29, 0.717) is 22.7 Å². The highest BCUT2D eigenvalue weighted by atomic mass is 16.3. The summed E-state index contributed by atoms with van der Waals surface area (Å²) in [6, 6.07) is 5.11. The number of amides is 1. The van der Waals surface area contributed by atoms with Gasteiger partial charge in [-0.25, -0.2) is 4.98 Å². The molecule has 0 spiro atoms. The number of nitrogens with one attached hydrogen (secondary N) is 1. The number of hydrogen-bond acceptors (Lipinski definition) is 4. The van der Waals surface area contributed by atoms with Gasteiger partial charge in [0.25, 0.3) is 0 Å². The minimum Gasteiger partial charge on any atom is -0.441 e. The third-order valence-electron chi connectivity index (χ3n) is 1.92. The lowest BCUT2D eigenvalue weighted by Gasteiger charge is -2.01. The van der Waals surface area contributed by atoms with Crippen LogP contribution in [0.4, 0.5) is 5.69 Å². The van der Waals surface area contributed by atoms with Gasteiger partial charge in [-0.15, -0.1) is 0 Å². The lowest BCUT2D eigenvalue weighted by atomic mass is 10.3. The van der Waals surface area contributed by atoms with Crippen molar-refractivity contribution in [2.75, 3.05) is 11.9 Å². The maximum absolute atomic E-state index is 10.9. The number of fused-ring (bicyclic) bond motifs is 1. The zero-order valence-corrected chi connectivity index (χ0v) is 8.15. The predicted octanol–water partition coefficient (Wildman–Crippen LogP) is 1.07. The first-order valence-corrected chi connectivity index (χ1v) is 4.47. The number of aromatic nitrogens is 1. The fraction of sp³-hybridized carbons (Fsp3) is 0.200. The number of rotatable bonds is 2. The van der Waals surface area contributed by atoms with E-state index in [-0.39, 0.29) is 0 Å². The highest BCUT2D eigenvalue weighted by Gasteiger charge is 2.04. The van der Waals surface area contributed by atoms with Crippen LogP contribution in [0.3, 0.4) is 0 Å². The van der Waals surface area contributed by atoms with Crippen molar-refractivity contribution in [3.05, 3.63) is 24.1 Å². The van der Waals surface area contributed by atoms with Crippen LogP contribution in [0.25, 0.3) is 11.1 Å². The molecule has 78 valence electrons. The van der Waals surface area contributed by atoms with Crippen molar-refractivity contribution < 1.29 is 14.3 Å². The molecule has 0 atom stereocenters. The van der Waals surface area contributed by atoms with Crippen LogP contribution in [0.2, 0.25) is 0 Å². The summed E-state index contributed by atoms with van der Waals surface area (Å²) in [7, 11) is 0. The van der Waals surface area contributed by atoms with Crippen LogP contribution in [0.5, 0.6) is 0 Å². The normalized spacial score (nSPS) is 10.5. The van der Waals surface area contributed by atoms with Crippen molar-refractivity contribution in [1.29, 1.82) is 0 Å². The minimum atomic E-state index is -0.532. The Kier molecular flexibility index (Phi) is 2.39. The number of carbonyl (C=O) groups is 1. The Hall–Kier alpha value is -1.88. The second-order valence-corrected chi connectivity index (χ2v) is 3.12. The summed E-state index contributed by atoms with van der Waals surface area (Å²) in [4.78, 5) is 15.0. The lowest BCUT2D eigenvalue weighted by Crippen LogP contribution is -2.15. The van der Waals surface area contributed by atoms with Gasteiger partial charge >= 0.3 is 0 Å². The molecule has 1 heterocycles. The largest absolute Gasteiger partial charge is 0.441 e. The van der Waals surface area contributed by atoms with Crippen LogP contribution < -0.4 is 5.32 Å². The molecule has 2 aromatic rings. The van der Waals surface area contributed by atoms with Crippen molar-refractivity contribution in [2.45, 2.75) is 6.92 Å². The van der Waals surface area contributed by atoms with Crippen LogP contribution in [-0.2, 0) is 4.79 Å². The zero-order valence-electron chi connectivity index (χ0n) is 8.15. The molecule has 5 nitrogen and oxygen atoms in total. The Balaban J connectivity index is 2.33. The Morgan fingerprint density at radius 2 is 2.40 bits per heavy atom. The molecular formula is C10H10N2O3. The van der Waals surface area contributed by atoms with Crippen LogP contribution >= 0.6 is 0 Å². The molecule has 0 radical (unpaired) electrons. The number of aliphatic hydroxyl groups is 1. The summed E-state index contributed by atoms with van der Waals surface area (Å²) in [6.45, 7) is 1.22. The molecule has 0 fully saturated rings. The molecule has 0 bridgehead atoms. The number of aryl methyl sites for hydroxylation is 1. The molecule has 1 aromatic heterocycles. The van der Waals surface area contributed by atoms with E-state index in [4.69, 9.17) is 9.52 Å². The SMILES string of the molecule is Cc1nc2cc(NC(=O)CO)ccc2o1. The van der Waals surface area contributed by atoms with E-state index in [0.717, 1.165) is 0 Å². The molecule has 2 rings (SSSR count). The second-order valence-electron chi connectivity index (χ2n) is 3.12. The van der Waals surface area contributed by atoms with Crippen molar-refractivity contribution in [3.63, 3.8) is 0 Å². The first-order valence-electron chi connectivity index (χ1n) is 4.47. The first-order chi connectivity index (χ1) is 7.19. The third-order valence-corrected chi connectivity index (χ3v) is 1.92. The summed E-state index contributed by atoms with van der Waals surface area (Å²) in [6.07, 6.45) is 0. The molecule has 15 heavy (non-hydrogen) atoms. The third kappa shape index (κ3) is 1.97. The van der Waals surface area contributed by atoms with E-state index in [9.17, 15) is 4.79 Å². The smallest absolute Gasteiger partial charge is 0.250 e. The van der Waals surface area contributed by atoms with Gasteiger partial charge in [0.15, 0.2) is 11.5 Å². The molecule has 0 aliphatic heterocycles. The van der Waals surface area contributed by atoms with E-state index >= 15 is 0 Å². The average molecular weight is 206 g/mol. The monoisotopic (exact) mass is 206 g/mol. The van der Waals surface area contributed by atoms with Crippen molar-refractivity contribution in [3.8, 4) is 0 Å². The zero-order chi connectivity index (χ0) is 10.8. The molecule has 2 N–H and O–H groups in total. The molecule has 0 unspecified atom stereocenters. The second kappa shape index (κ2) is 3.70. The van der Waals surface area contributed by atoms with E-state index in [1.54, 1.807) is 25.1 Å². The van der Waals surface area contributed by atoms with Gasteiger partial charge in [0.1, 0.15) is 12.1 Å². The predicted molar refractivity (Wildman–Crippen MR) is 54.5 cm³/mol. The molecule has 0 saturated heterocycles. The van der Waals surface area contributed by atoms with Gasteiger partial charge in [0.2, 0.25) is 5.91 Å². The molecule has 1 amide bonds. The minimum absolute atomic E-state index is 0.449. The Morgan fingerprint density at radius 3 is 3.13 bits per heavy atom. The van der Waals surface area contributed by atoms with Gasteiger partial charge in [-0.2, -0.15) is 0 Å². The van der Waals surface area contributed by atoms with Crippen molar-refractivity contribution in [2.24, 2.45) is 0 Å².